The van der Waals surface area contributed by atoms with Crippen molar-refractivity contribution in [2.45, 2.75) is 44.8 Å². The fraction of sp³-hybridized carbons (Fsp3) is 0.632. The molecule has 1 unspecified atom stereocenters. The maximum Gasteiger partial charge on any atom is 0.410 e. The van der Waals surface area contributed by atoms with Gasteiger partial charge >= 0.3 is 6.09 Å². The molecule has 1 amide bonds. The van der Waals surface area contributed by atoms with E-state index >= 15 is 0 Å². The molecule has 1 aromatic rings. The van der Waals surface area contributed by atoms with Crippen molar-refractivity contribution in [1.82, 2.24) is 4.90 Å². The molecule has 0 aliphatic carbocycles. The first-order chi connectivity index (χ1) is 11.3. The Morgan fingerprint density at radius 2 is 1.96 bits per heavy atom. The summed E-state index contributed by atoms with van der Waals surface area (Å²) < 4.78 is 16.6. The molecule has 132 valence electrons. The Balaban J connectivity index is 1.49. The van der Waals surface area contributed by atoms with Crippen LogP contribution < -0.4 is 4.74 Å². The molecule has 1 aromatic carbocycles. The van der Waals surface area contributed by atoms with Crippen LogP contribution in [0, 0.1) is 5.92 Å². The maximum absolute atomic E-state index is 12.1. The van der Waals surface area contributed by atoms with Crippen molar-refractivity contribution < 1.29 is 19.0 Å². The second-order valence-electron chi connectivity index (χ2n) is 7.95. The summed E-state index contributed by atoms with van der Waals surface area (Å²) in [6.45, 7) is 7.70. The fourth-order valence-electron chi connectivity index (χ4n) is 3.49. The Kier molecular flexibility index (Phi) is 4.47. The molecule has 3 rings (SSSR count). The third-order valence-electron chi connectivity index (χ3n) is 4.58. The average molecular weight is 333 g/mol. The van der Waals surface area contributed by atoms with Crippen molar-refractivity contribution in [3.63, 3.8) is 0 Å². The van der Waals surface area contributed by atoms with Crippen LogP contribution in [0.1, 0.15) is 32.8 Å². The summed E-state index contributed by atoms with van der Waals surface area (Å²) in [6, 6.07) is 8.21. The van der Waals surface area contributed by atoms with Crippen LogP contribution in [-0.4, -0.2) is 49.0 Å². The van der Waals surface area contributed by atoms with E-state index in [-0.39, 0.29) is 11.7 Å². The number of hydrogen-bond acceptors (Lipinski definition) is 4. The van der Waals surface area contributed by atoms with Crippen molar-refractivity contribution >= 4 is 6.09 Å². The number of benzene rings is 1. The fourth-order valence-corrected chi connectivity index (χ4v) is 3.49. The molecular formula is C19H27NO4. The molecule has 2 fully saturated rings. The summed E-state index contributed by atoms with van der Waals surface area (Å²) in [6.07, 6.45) is 1.76. The zero-order valence-electron chi connectivity index (χ0n) is 15.0. The van der Waals surface area contributed by atoms with E-state index < -0.39 is 5.60 Å². The SMILES string of the molecule is COc1ccc(CC2COC3(C2)CN(C(=O)OC(C)(C)C)C3)cc1. The maximum atomic E-state index is 12.1. The van der Waals surface area contributed by atoms with E-state index in [2.05, 4.69) is 12.1 Å². The van der Waals surface area contributed by atoms with Crippen LogP contribution >= 0.6 is 0 Å². The molecule has 0 N–H and O–H groups in total. The molecule has 0 aromatic heterocycles. The molecule has 5 nitrogen and oxygen atoms in total. The lowest BCUT2D eigenvalue weighted by Gasteiger charge is -2.47. The number of methoxy groups -OCH3 is 1. The van der Waals surface area contributed by atoms with Crippen molar-refractivity contribution in [2.75, 3.05) is 26.8 Å². The number of carbonyl (C=O) groups is 1. The molecular weight excluding hydrogens is 306 g/mol. The summed E-state index contributed by atoms with van der Waals surface area (Å²) in [5.41, 5.74) is 0.686. The van der Waals surface area contributed by atoms with E-state index in [1.54, 1.807) is 12.0 Å². The van der Waals surface area contributed by atoms with Gasteiger partial charge < -0.3 is 19.1 Å². The second-order valence-corrected chi connectivity index (χ2v) is 7.95. The molecule has 2 heterocycles. The number of hydrogen-bond donors (Lipinski definition) is 0. The van der Waals surface area contributed by atoms with Crippen LogP contribution in [0.4, 0.5) is 4.79 Å². The minimum absolute atomic E-state index is 0.159. The lowest BCUT2D eigenvalue weighted by Crippen LogP contribution is -2.63. The Labute approximate surface area is 143 Å². The number of rotatable bonds is 3. The number of ether oxygens (including phenoxy) is 3. The van der Waals surface area contributed by atoms with Crippen molar-refractivity contribution in [3.8, 4) is 5.75 Å². The van der Waals surface area contributed by atoms with Crippen molar-refractivity contribution in [2.24, 2.45) is 5.92 Å². The van der Waals surface area contributed by atoms with Gasteiger partial charge in [-0.1, -0.05) is 12.1 Å². The Morgan fingerprint density at radius 3 is 2.54 bits per heavy atom. The zero-order valence-corrected chi connectivity index (χ0v) is 15.0. The molecule has 2 aliphatic rings. The Hall–Kier alpha value is -1.75. The summed E-state index contributed by atoms with van der Waals surface area (Å²) in [5, 5.41) is 0. The first kappa shape index (κ1) is 17.1. The largest absolute Gasteiger partial charge is 0.497 e. The first-order valence-corrected chi connectivity index (χ1v) is 8.53. The lowest BCUT2D eigenvalue weighted by molar-refractivity contribution is -0.109. The predicted octanol–water partition coefficient (Wildman–Crippen LogP) is 3.26. The standard InChI is InChI=1S/C19H27NO4/c1-18(2,3)24-17(21)20-12-19(13-20)10-15(11-23-19)9-14-5-7-16(22-4)8-6-14/h5-8,15H,9-13H2,1-4H3. The predicted molar refractivity (Wildman–Crippen MR) is 91.3 cm³/mol. The topological polar surface area (TPSA) is 48.0 Å². The Morgan fingerprint density at radius 1 is 1.29 bits per heavy atom. The summed E-state index contributed by atoms with van der Waals surface area (Å²) in [7, 11) is 1.68. The van der Waals surface area contributed by atoms with Gasteiger partial charge in [0.1, 0.15) is 17.0 Å². The van der Waals surface area contributed by atoms with Crippen LogP contribution in [0.25, 0.3) is 0 Å². The van der Waals surface area contributed by atoms with Gasteiger partial charge in [0, 0.05) is 0 Å². The number of likely N-dealkylation sites (tertiary alicyclic amines) is 1. The van der Waals surface area contributed by atoms with Crippen LogP contribution in [0.15, 0.2) is 24.3 Å². The van der Waals surface area contributed by atoms with E-state index in [1.165, 1.54) is 5.56 Å². The molecule has 1 spiro atoms. The zero-order chi connectivity index (χ0) is 17.4. The van der Waals surface area contributed by atoms with Gasteiger partial charge in [-0.3, -0.25) is 0 Å². The smallest absolute Gasteiger partial charge is 0.410 e. The lowest BCUT2D eigenvalue weighted by atomic mass is 9.85. The van der Waals surface area contributed by atoms with E-state index in [9.17, 15) is 4.79 Å². The summed E-state index contributed by atoms with van der Waals surface area (Å²) in [4.78, 5) is 13.8. The van der Waals surface area contributed by atoms with Crippen LogP contribution in [0.3, 0.4) is 0 Å². The minimum Gasteiger partial charge on any atom is -0.497 e. The third-order valence-corrected chi connectivity index (χ3v) is 4.58. The van der Waals surface area contributed by atoms with Crippen LogP contribution in [-0.2, 0) is 15.9 Å². The third kappa shape index (κ3) is 3.83. The highest BCUT2D eigenvalue weighted by atomic mass is 16.6. The molecule has 24 heavy (non-hydrogen) atoms. The highest BCUT2D eigenvalue weighted by Gasteiger charge is 2.52. The van der Waals surface area contributed by atoms with Gasteiger partial charge in [-0.2, -0.15) is 0 Å². The molecule has 2 aliphatic heterocycles. The highest BCUT2D eigenvalue weighted by molar-refractivity contribution is 5.69. The average Bonchev–Trinajstić information content (AvgIpc) is 2.89. The van der Waals surface area contributed by atoms with Gasteiger partial charge in [-0.15, -0.1) is 0 Å². The monoisotopic (exact) mass is 333 g/mol. The van der Waals surface area contributed by atoms with Crippen LogP contribution in [0.2, 0.25) is 0 Å². The van der Waals surface area contributed by atoms with Gasteiger partial charge in [-0.05, 0) is 57.2 Å². The number of nitrogens with zero attached hydrogens (tertiary/aromatic N) is 1. The van der Waals surface area contributed by atoms with E-state index in [0.717, 1.165) is 25.2 Å². The van der Waals surface area contributed by atoms with Gasteiger partial charge in [0.2, 0.25) is 0 Å². The first-order valence-electron chi connectivity index (χ1n) is 8.53. The molecule has 0 bridgehead atoms. The van der Waals surface area contributed by atoms with Crippen molar-refractivity contribution in [3.05, 3.63) is 29.8 Å². The van der Waals surface area contributed by atoms with Gasteiger partial charge in [0.15, 0.2) is 0 Å². The molecule has 2 saturated heterocycles. The second kappa shape index (κ2) is 6.28. The van der Waals surface area contributed by atoms with Gasteiger partial charge in [0.05, 0.1) is 26.8 Å². The van der Waals surface area contributed by atoms with Gasteiger partial charge in [-0.25, -0.2) is 4.79 Å². The molecule has 1 atom stereocenters. The number of carbonyl (C=O) groups excluding carboxylic acids is 1. The summed E-state index contributed by atoms with van der Waals surface area (Å²) in [5.74, 6) is 1.38. The van der Waals surface area contributed by atoms with Crippen LogP contribution in [0.5, 0.6) is 5.75 Å². The molecule has 0 radical (unpaired) electrons. The molecule has 0 saturated carbocycles. The van der Waals surface area contributed by atoms with E-state index in [0.29, 0.717) is 19.0 Å². The molecule has 5 heteroatoms. The van der Waals surface area contributed by atoms with E-state index in [1.807, 2.05) is 32.9 Å². The highest BCUT2D eigenvalue weighted by Crippen LogP contribution is 2.39. The normalized spacial score (nSPS) is 22.3. The van der Waals surface area contributed by atoms with E-state index in [4.69, 9.17) is 14.2 Å². The quantitative estimate of drug-likeness (QED) is 0.852. The minimum atomic E-state index is -0.451. The van der Waals surface area contributed by atoms with Crippen molar-refractivity contribution in [1.29, 1.82) is 0 Å². The Bertz CT molecular complexity index is 584. The summed E-state index contributed by atoms with van der Waals surface area (Å²) >= 11 is 0. The van der Waals surface area contributed by atoms with Gasteiger partial charge in [0.25, 0.3) is 0 Å². The number of amides is 1.